The lowest BCUT2D eigenvalue weighted by Gasteiger charge is -2.25. The third-order valence-corrected chi connectivity index (χ3v) is 4.19. The molecule has 4 heteroatoms. The number of hydrogen-bond acceptors (Lipinski definition) is 3. The Labute approximate surface area is 80.7 Å². The van der Waals surface area contributed by atoms with Crippen LogP contribution in [0.3, 0.4) is 0 Å². The Balaban J connectivity index is 4.00. The summed E-state index contributed by atoms with van der Waals surface area (Å²) in [6.45, 7) is 11.8. The van der Waals surface area contributed by atoms with Gasteiger partial charge in [-0.05, 0) is 6.42 Å². The van der Waals surface area contributed by atoms with E-state index in [0.717, 1.165) is 12.5 Å². The van der Waals surface area contributed by atoms with Gasteiger partial charge in [-0.2, -0.15) is 4.89 Å². The molecule has 0 aliphatic rings. The van der Waals surface area contributed by atoms with Crippen LogP contribution in [-0.4, -0.2) is 19.8 Å². The Morgan fingerprint density at radius 3 is 2.38 bits per heavy atom. The zero-order valence-corrected chi connectivity index (χ0v) is 9.79. The molecule has 0 fully saturated rings. The SMILES string of the molecule is C=CC(=O)OOC(CC)[Si](C)(C)C. The molecule has 3 nitrogen and oxygen atoms in total. The van der Waals surface area contributed by atoms with Crippen molar-refractivity contribution in [2.45, 2.75) is 38.7 Å². The summed E-state index contributed by atoms with van der Waals surface area (Å²) in [6.07, 6.45) is 1.96. The smallest absolute Gasteiger partial charge is 0.294 e. The highest BCUT2D eigenvalue weighted by Crippen LogP contribution is 2.14. The number of carbonyl (C=O) groups is 1. The number of rotatable bonds is 5. The van der Waals surface area contributed by atoms with Crippen LogP contribution >= 0.6 is 0 Å². The van der Waals surface area contributed by atoms with Crippen molar-refractivity contribution < 1.29 is 14.6 Å². The lowest BCUT2D eigenvalue weighted by Crippen LogP contribution is -2.40. The van der Waals surface area contributed by atoms with Gasteiger partial charge in [0.25, 0.3) is 0 Å². The minimum atomic E-state index is -1.40. The highest BCUT2D eigenvalue weighted by Gasteiger charge is 2.27. The first-order valence-corrected chi connectivity index (χ1v) is 7.99. The lowest BCUT2D eigenvalue weighted by molar-refractivity contribution is -0.279. The number of carbonyl (C=O) groups excluding carboxylic acids is 1. The molecule has 0 N–H and O–H groups in total. The molecule has 0 aromatic rings. The van der Waals surface area contributed by atoms with Crippen molar-refractivity contribution in [2.75, 3.05) is 0 Å². The summed E-state index contributed by atoms with van der Waals surface area (Å²) in [5.41, 5.74) is 0.0522. The van der Waals surface area contributed by atoms with Gasteiger partial charge in [-0.3, -0.25) is 4.89 Å². The summed E-state index contributed by atoms with van der Waals surface area (Å²) in [7, 11) is -1.40. The third-order valence-electron chi connectivity index (χ3n) is 1.75. The van der Waals surface area contributed by atoms with Crippen LogP contribution in [0.25, 0.3) is 0 Å². The molecule has 76 valence electrons. The van der Waals surface area contributed by atoms with Crippen LogP contribution in [0.2, 0.25) is 19.6 Å². The minimum absolute atomic E-state index is 0.0522. The maximum Gasteiger partial charge on any atom is 0.365 e. The van der Waals surface area contributed by atoms with Crippen LogP contribution in [0, 0.1) is 0 Å². The van der Waals surface area contributed by atoms with Gasteiger partial charge < -0.3 is 0 Å². The van der Waals surface area contributed by atoms with Crippen LogP contribution in [0.4, 0.5) is 0 Å². The van der Waals surface area contributed by atoms with Gasteiger partial charge in [-0.25, -0.2) is 4.79 Å². The van der Waals surface area contributed by atoms with Crippen molar-refractivity contribution in [1.29, 1.82) is 0 Å². The van der Waals surface area contributed by atoms with E-state index >= 15 is 0 Å². The van der Waals surface area contributed by atoms with Gasteiger partial charge in [-0.15, -0.1) is 0 Å². The van der Waals surface area contributed by atoms with E-state index in [0.29, 0.717) is 0 Å². The molecule has 0 saturated carbocycles. The molecule has 0 heterocycles. The molecule has 0 aliphatic carbocycles. The fourth-order valence-corrected chi connectivity index (χ4v) is 2.53. The first kappa shape index (κ1) is 12.4. The van der Waals surface area contributed by atoms with E-state index in [4.69, 9.17) is 4.89 Å². The third kappa shape index (κ3) is 4.85. The first-order valence-electron chi connectivity index (χ1n) is 4.41. The van der Waals surface area contributed by atoms with Crippen molar-refractivity contribution in [2.24, 2.45) is 0 Å². The molecule has 0 radical (unpaired) electrons. The van der Waals surface area contributed by atoms with Crippen LogP contribution in [0.15, 0.2) is 12.7 Å². The molecule has 0 bridgehead atoms. The van der Waals surface area contributed by atoms with Gasteiger partial charge in [0, 0.05) is 6.08 Å². The fraction of sp³-hybridized carbons (Fsp3) is 0.667. The van der Waals surface area contributed by atoms with Crippen molar-refractivity contribution in [3.8, 4) is 0 Å². The Kier molecular flexibility index (Phi) is 4.94. The van der Waals surface area contributed by atoms with Crippen LogP contribution in [0.5, 0.6) is 0 Å². The highest BCUT2D eigenvalue weighted by molar-refractivity contribution is 6.77. The molecule has 0 aromatic carbocycles. The van der Waals surface area contributed by atoms with Crippen LogP contribution in [0.1, 0.15) is 13.3 Å². The molecule has 0 rings (SSSR count). The Morgan fingerprint density at radius 1 is 1.54 bits per heavy atom. The second-order valence-electron chi connectivity index (χ2n) is 3.97. The molecule has 1 atom stereocenters. The van der Waals surface area contributed by atoms with E-state index in [2.05, 4.69) is 31.1 Å². The average Bonchev–Trinajstić information content (AvgIpc) is 2.02. The topological polar surface area (TPSA) is 35.5 Å². The summed E-state index contributed by atoms with van der Waals surface area (Å²) in [5, 5.41) is 0. The van der Waals surface area contributed by atoms with Crippen molar-refractivity contribution >= 4 is 14.0 Å². The molecular weight excluding hydrogens is 184 g/mol. The number of hydrogen-bond donors (Lipinski definition) is 0. The Bertz CT molecular complexity index is 184. The molecule has 13 heavy (non-hydrogen) atoms. The predicted octanol–water partition coefficient (Wildman–Crippen LogP) is 2.30. The molecule has 0 saturated heterocycles. The summed E-state index contributed by atoms with van der Waals surface area (Å²) in [5.74, 6) is -0.531. The maximum absolute atomic E-state index is 10.7. The maximum atomic E-state index is 10.7. The summed E-state index contributed by atoms with van der Waals surface area (Å²) in [6, 6.07) is 0. The van der Waals surface area contributed by atoms with E-state index in [1.165, 1.54) is 0 Å². The Hall–Kier alpha value is -0.613. The molecule has 0 aromatic heterocycles. The van der Waals surface area contributed by atoms with Crippen molar-refractivity contribution in [3.63, 3.8) is 0 Å². The zero-order valence-electron chi connectivity index (χ0n) is 8.79. The predicted molar refractivity (Wildman–Crippen MR) is 54.8 cm³/mol. The van der Waals surface area contributed by atoms with E-state index in [9.17, 15) is 4.79 Å². The fourth-order valence-electron chi connectivity index (χ4n) is 0.964. The largest absolute Gasteiger partial charge is 0.365 e. The molecule has 0 aliphatic heterocycles. The lowest BCUT2D eigenvalue weighted by atomic mass is 10.5. The molecule has 1 unspecified atom stereocenters. The highest BCUT2D eigenvalue weighted by atomic mass is 28.3. The second kappa shape index (κ2) is 5.19. The van der Waals surface area contributed by atoms with Gasteiger partial charge in [0.15, 0.2) is 0 Å². The molecule has 0 amide bonds. The van der Waals surface area contributed by atoms with E-state index in [1.54, 1.807) is 0 Å². The minimum Gasteiger partial charge on any atom is -0.294 e. The summed E-state index contributed by atoms with van der Waals surface area (Å²) >= 11 is 0. The average molecular weight is 202 g/mol. The van der Waals surface area contributed by atoms with E-state index in [1.807, 2.05) is 6.92 Å². The van der Waals surface area contributed by atoms with Crippen molar-refractivity contribution in [3.05, 3.63) is 12.7 Å². The second-order valence-corrected chi connectivity index (χ2v) is 9.34. The summed E-state index contributed by atoms with van der Waals surface area (Å²) < 4.78 is 0. The monoisotopic (exact) mass is 202 g/mol. The standard InChI is InChI=1S/C9H18O3Si/c1-6-8(10)11-12-9(7-2)13(3,4)5/h6,9H,1,7H2,2-5H3. The van der Waals surface area contributed by atoms with Gasteiger partial charge in [0.05, 0.1) is 13.8 Å². The van der Waals surface area contributed by atoms with Crippen molar-refractivity contribution in [1.82, 2.24) is 0 Å². The van der Waals surface area contributed by atoms with Gasteiger partial charge in [-0.1, -0.05) is 33.1 Å². The summed E-state index contributed by atoms with van der Waals surface area (Å²) in [4.78, 5) is 20.3. The molecule has 0 spiro atoms. The van der Waals surface area contributed by atoms with Gasteiger partial charge in [0.2, 0.25) is 0 Å². The first-order chi connectivity index (χ1) is 5.91. The van der Waals surface area contributed by atoms with Gasteiger partial charge in [0.1, 0.15) is 0 Å². The van der Waals surface area contributed by atoms with Crippen LogP contribution < -0.4 is 0 Å². The normalized spacial score (nSPS) is 13.5. The Morgan fingerprint density at radius 2 is 2.08 bits per heavy atom. The molecular formula is C9H18O3Si. The van der Waals surface area contributed by atoms with Crippen LogP contribution in [-0.2, 0) is 14.6 Å². The van der Waals surface area contributed by atoms with E-state index < -0.39 is 14.0 Å². The zero-order chi connectivity index (χ0) is 10.5. The quantitative estimate of drug-likeness (QED) is 0.297. The van der Waals surface area contributed by atoms with E-state index in [-0.39, 0.29) is 5.73 Å². The van der Waals surface area contributed by atoms with Gasteiger partial charge >= 0.3 is 5.97 Å².